The van der Waals surface area contributed by atoms with Crippen LogP contribution >= 0.6 is 0 Å². The summed E-state index contributed by atoms with van der Waals surface area (Å²) in [5.41, 5.74) is 0. The molecule has 0 aromatic carbocycles. The van der Waals surface area contributed by atoms with Crippen molar-refractivity contribution in [1.29, 1.82) is 0 Å². The van der Waals surface area contributed by atoms with E-state index in [0.717, 1.165) is 6.42 Å². The van der Waals surface area contributed by atoms with Gasteiger partial charge in [0.1, 0.15) is 0 Å². The Hall–Kier alpha value is -1.11. The molecule has 0 aromatic rings. The van der Waals surface area contributed by atoms with Crippen molar-refractivity contribution in [3.05, 3.63) is 0 Å². The van der Waals surface area contributed by atoms with Crippen molar-refractivity contribution in [3.8, 4) is 0 Å². The van der Waals surface area contributed by atoms with Crippen LogP contribution in [-0.2, 0) is 15.6 Å². The van der Waals surface area contributed by atoms with Gasteiger partial charge < -0.3 is 15.7 Å². The average molecular weight is 260 g/mol. The van der Waals surface area contributed by atoms with E-state index in [2.05, 4.69) is 10.6 Å². The molecule has 0 spiro atoms. The second kappa shape index (κ2) is 5.03. The minimum Gasteiger partial charge on any atom is -0.481 e. The molecule has 0 saturated carbocycles. The van der Waals surface area contributed by atoms with Crippen molar-refractivity contribution in [3.63, 3.8) is 0 Å². The lowest BCUT2D eigenvalue weighted by Crippen LogP contribution is -2.38. The number of rotatable bonds is 5. The molecule has 3 N–H and O–H groups in total. The first-order chi connectivity index (χ1) is 8.08. The van der Waals surface area contributed by atoms with E-state index in [1.807, 2.05) is 0 Å². The van der Waals surface area contributed by atoms with Gasteiger partial charge in [0.2, 0.25) is 0 Å². The summed E-state index contributed by atoms with van der Waals surface area (Å²) in [6.07, 6.45) is 2.20. The Morgan fingerprint density at radius 1 is 1.41 bits per heavy atom. The monoisotopic (exact) mass is 260 g/mol. The van der Waals surface area contributed by atoms with E-state index in [-0.39, 0.29) is 29.8 Å². The van der Waals surface area contributed by atoms with Gasteiger partial charge in [-0.05, 0) is 12.8 Å². The lowest BCUT2D eigenvalue weighted by Gasteiger charge is -2.15. The van der Waals surface area contributed by atoms with Gasteiger partial charge in [-0.1, -0.05) is 6.42 Å². The first kappa shape index (κ1) is 12.3. The van der Waals surface area contributed by atoms with Gasteiger partial charge in [-0.2, -0.15) is 0 Å². The maximum Gasteiger partial charge on any atom is 0.315 e. The van der Waals surface area contributed by atoms with Crippen molar-refractivity contribution in [2.24, 2.45) is 0 Å². The van der Waals surface area contributed by atoms with Gasteiger partial charge >= 0.3 is 12.0 Å². The Balaban J connectivity index is 1.81. The Labute approximate surface area is 102 Å². The third-order valence-electron chi connectivity index (χ3n) is 3.26. The minimum atomic E-state index is -0.923. The van der Waals surface area contributed by atoms with E-state index in [1.54, 1.807) is 0 Å². The Morgan fingerprint density at radius 2 is 2.18 bits per heavy atom. The number of nitrogens with one attached hydrogen (secondary N) is 2. The number of carbonyl (C=O) groups excluding carboxylic acids is 1. The zero-order valence-corrected chi connectivity index (χ0v) is 10.2. The Morgan fingerprint density at radius 3 is 2.88 bits per heavy atom. The molecule has 2 aliphatic heterocycles. The van der Waals surface area contributed by atoms with Gasteiger partial charge in [0, 0.05) is 23.0 Å². The van der Waals surface area contributed by atoms with Gasteiger partial charge in [-0.3, -0.25) is 9.00 Å². The van der Waals surface area contributed by atoms with E-state index < -0.39 is 16.8 Å². The van der Waals surface area contributed by atoms with Crippen LogP contribution in [0.3, 0.4) is 0 Å². The van der Waals surface area contributed by atoms with Gasteiger partial charge in [0.15, 0.2) is 0 Å². The van der Waals surface area contributed by atoms with E-state index in [4.69, 9.17) is 5.11 Å². The first-order valence-electron chi connectivity index (χ1n) is 5.74. The zero-order chi connectivity index (χ0) is 12.4. The predicted molar refractivity (Wildman–Crippen MR) is 62.1 cm³/mol. The summed E-state index contributed by atoms with van der Waals surface area (Å²) in [5.74, 6) is -0.293. The predicted octanol–water partition coefficient (Wildman–Crippen LogP) is -0.188. The van der Waals surface area contributed by atoms with Crippen LogP contribution < -0.4 is 10.6 Å². The molecule has 2 fully saturated rings. The molecule has 17 heavy (non-hydrogen) atoms. The molecule has 1 unspecified atom stereocenters. The Kier molecular flexibility index (Phi) is 3.66. The molecule has 2 rings (SSSR count). The highest BCUT2D eigenvalue weighted by atomic mass is 32.2. The summed E-state index contributed by atoms with van der Waals surface area (Å²) < 4.78 is 11.8. The van der Waals surface area contributed by atoms with E-state index >= 15 is 0 Å². The number of carboxylic acids is 1. The van der Waals surface area contributed by atoms with E-state index in [1.165, 1.54) is 0 Å². The third-order valence-corrected chi connectivity index (χ3v) is 5.15. The van der Waals surface area contributed by atoms with Crippen molar-refractivity contribution >= 4 is 22.8 Å². The highest BCUT2D eigenvalue weighted by Gasteiger charge is 2.46. The molecule has 0 aliphatic carbocycles. The van der Waals surface area contributed by atoms with Crippen LogP contribution in [0.2, 0.25) is 0 Å². The molecule has 0 aromatic heterocycles. The van der Waals surface area contributed by atoms with Crippen LogP contribution in [0.15, 0.2) is 0 Å². The standard InChI is InChI=1S/C10H16N2O4S/c13-8(14)4-2-1-3-7-9-6(5-17(7)16)11-10(15)12-9/h6-7,9H,1-5H2,(H,13,14)(H2,11,12,15)/t6-,7-,9-,17?/m0/s1. The number of aliphatic carboxylic acids is 1. The fraction of sp³-hybridized carbons (Fsp3) is 0.800. The van der Waals surface area contributed by atoms with Gasteiger partial charge in [0.25, 0.3) is 0 Å². The first-order valence-corrected chi connectivity index (χ1v) is 7.12. The van der Waals surface area contributed by atoms with Crippen LogP contribution in [0, 0.1) is 0 Å². The molecule has 2 heterocycles. The number of hydrogen-bond acceptors (Lipinski definition) is 3. The molecule has 96 valence electrons. The molecule has 0 radical (unpaired) electrons. The van der Waals surface area contributed by atoms with Crippen LogP contribution in [0.4, 0.5) is 4.79 Å². The van der Waals surface area contributed by atoms with Crippen LogP contribution in [0.1, 0.15) is 25.7 Å². The smallest absolute Gasteiger partial charge is 0.315 e. The summed E-state index contributed by atoms with van der Waals surface area (Å²) >= 11 is 0. The second-order valence-corrected chi connectivity index (χ2v) is 6.18. The zero-order valence-electron chi connectivity index (χ0n) is 9.35. The normalized spacial score (nSPS) is 35.2. The highest BCUT2D eigenvalue weighted by molar-refractivity contribution is 7.86. The summed E-state index contributed by atoms with van der Waals surface area (Å²) in [4.78, 5) is 21.5. The summed E-state index contributed by atoms with van der Waals surface area (Å²) in [7, 11) is -0.923. The third kappa shape index (κ3) is 2.77. The van der Waals surface area contributed by atoms with Crippen LogP contribution in [0.25, 0.3) is 0 Å². The molecule has 2 aliphatic rings. The maximum absolute atomic E-state index is 11.8. The van der Waals surface area contributed by atoms with E-state index in [0.29, 0.717) is 18.6 Å². The molecule has 4 atom stereocenters. The summed E-state index contributed by atoms with van der Waals surface area (Å²) in [6.45, 7) is 0. The molecule has 6 nitrogen and oxygen atoms in total. The number of fused-ring (bicyclic) bond motifs is 1. The number of amides is 2. The van der Waals surface area contributed by atoms with Crippen molar-refractivity contribution in [1.82, 2.24) is 10.6 Å². The molecular weight excluding hydrogens is 244 g/mol. The molecule has 2 saturated heterocycles. The van der Waals surface area contributed by atoms with Crippen molar-refractivity contribution in [2.45, 2.75) is 43.0 Å². The van der Waals surface area contributed by atoms with E-state index in [9.17, 15) is 13.8 Å². The number of urea groups is 1. The van der Waals surface area contributed by atoms with Crippen LogP contribution in [0.5, 0.6) is 0 Å². The summed E-state index contributed by atoms with van der Waals surface area (Å²) in [5, 5.41) is 14.0. The SMILES string of the molecule is O=C(O)CCCC[C@H]1[C@H]2NC(=O)N[C@H]2CS1=O. The summed E-state index contributed by atoms with van der Waals surface area (Å²) in [6, 6.07) is -0.256. The van der Waals surface area contributed by atoms with Gasteiger partial charge in [-0.15, -0.1) is 0 Å². The number of hydrogen-bond donors (Lipinski definition) is 3. The highest BCUT2D eigenvalue weighted by Crippen LogP contribution is 2.25. The van der Waals surface area contributed by atoms with Crippen molar-refractivity contribution < 1.29 is 18.9 Å². The maximum atomic E-state index is 11.8. The van der Waals surface area contributed by atoms with Crippen LogP contribution in [-0.4, -0.2) is 44.4 Å². The molecule has 2 amide bonds. The Bertz CT molecular complexity index is 360. The fourth-order valence-electron chi connectivity index (χ4n) is 2.45. The average Bonchev–Trinajstić information content (AvgIpc) is 2.69. The largest absolute Gasteiger partial charge is 0.481 e. The quantitative estimate of drug-likeness (QED) is 0.471. The fourth-order valence-corrected chi connectivity index (χ4v) is 4.35. The van der Waals surface area contributed by atoms with Gasteiger partial charge in [0.05, 0.1) is 17.3 Å². The van der Waals surface area contributed by atoms with Gasteiger partial charge in [-0.25, -0.2) is 4.79 Å². The number of unbranched alkanes of at least 4 members (excludes halogenated alkanes) is 1. The molecule has 7 heteroatoms. The topological polar surface area (TPSA) is 95.5 Å². The lowest BCUT2D eigenvalue weighted by atomic mass is 10.0. The minimum absolute atomic E-state index is 0.0205. The number of carbonyl (C=O) groups is 2. The molecular formula is C10H16N2O4S. The number of carboxylic acid groups (broad SMARTS) is 1. The lowest BCUT2D eigenvalue weighted by molar-refractivity contribution is -0.137. The van der Waals surface area contributed by atoms with Crippen molar-refractivity contribution in [2.75, 3.05) is 5.75 Å². The molecule has 0 bridgehead atoms. The second-order valence-electron chi connectivity index (χ2n) is 4.48.